The largest absolute Gasteiger partial charge is 0.467 e. The fourth-order valence-corrected chi connectivity index (χ4v) is 1.97. The molecule has 0 aliphatic rings. The van der Waals surface area contributed by atoms with Gasteiger partial charge in [0.15, 0.2) is 0 Å². The molecule has 0 aliphatic carbocycles. The van der Waals surface area contributed by atoms with Crippen molar-refractivity contribution in [2.75, 3.05) is 12.4 Å². The summed E-state index contributed by atoms with van der Waals surface area (Å²) in [5, 5.41) is 3.33. The van der Waals surface area contributed by atoms with E-state index in [1.165, 1.54) is 7.11 Å². The van der Waals surface area contributed by atoms with Gasteiger partial charge in [-0.15, -0.1) is 0 Å². The average molecular weight is 259 g/mol. The van der Waals surface area contributed by atoms with Gasteiger partial charge in [0, 0.05) is 5.69 Å². The van der Waals surface area contributed by atoms with Crippen molar-refractivity contribution in [1.82, 2.24) is 0 Å². The number of benzene rings is 1. The molecule has 19 heavy (non-hydrogen) atoms. The molecule has 100 valence electrons. The maximum Gasteiger partial charge on any atom is 0.338 e. The van der Waals surface area contributed by atoms with E-state index in [0.29, 0.717) is 5.56 Å². The minimum absolute atomic E-state index is 0.0293. The van der Waals surface area contributed by atoms with Crippen LogP contribution in [0, 0.1) is 6.92 Å². The van der Waals surface area contributed by atoms with Crippen molar-refractivity contribution in [1.29, 1.82) is 0 Å². The molecule has 1 aromatic carbocycles. The van der Waals surface area contributed by atoms with Crippen molar-refractivity contribution in [3.8, 4) is 0 Å². The summed E-state index contributed by atoms with van der Waals surface area (Å²) >= 11 is 0. The van der Waals surface area contributed by atoms with E-state index in [0.717, 1.165) is 17.0 Å². The number of esters is 1. The highest BCUT2D eigenvalue weighted by molar-refractivity contribution is 5.92. The van der Waals surface area contributed by atoms with Gasteiger partial charge in [0.1, 0.15) is 5.76 Å². The Kier molecular flexibility index (Phi) is 3.90. The number of ether oxygens (including phenoxy) is 1. The second-order valence-corrected chi connectivity index (χ2v) is 4.35. The number of carbonyl (C=O) groups is 1. The van der Waals surface area contributed by atoms with Crippen LogP contribution in [0.2, 0.25) is 0 Å². The lowest BCUT2D eigenvalue weighted by molar-refractivity contribution is 0.0600. The predicted molar refractivity (Wildman–Crippen MR) is 73.3 cm³/mol. The molecule has 0 fully saturated rings. The summed E-state index contributed by atoms with van der Waals surface area (Å²) < 4.78 is 10.1. The summed E-state index contributed by atoms with van der Waals surface area (Å²) in [4.78, 5) is 11.6. The van der Waals surface area contributed by atoms with E-state index >= 15 is 0 Å². The number of hydrogen-bond donors (Lipinski definition) is 1. The van der Waals surface area contributed by atoms with Crippen LogP contribution in [0.15, 0.2) is 41.0 Å². The fraction of sp³-hybridized carbons (Fsp3) is 0.267. The second kappa shape index (κ2) is 5.61. The molecule has 1 aromatic heterocycles. The van der Waals surface area contributed by atoms with Crippen molar-refractivity contribution in [2.45, 2.75) is 19.9 Å². The smallest absolute Gasteiger partial charge is 0.338 e. The molecule has 0 saturated heterocycles. The summed E-state index contributed by atoms with van der Waals surface area (Å²) in [7, 11) is 1.38. The maximum atomic E-state index is 11.6. The normalized spacial score (nSPS) is 11.9. The average Bonchev–Trinajstić information content (AvgIpc) is 2.94. The highest BCUT2D eigenvalue weighted by Crippen LogP contribution is 2.24. The number of rotatable bonds is 4. The van der Waals surface area contributed by atoms with Gasteiger partial charge < -0.3 is 14.5 Å². The Balaban J connectivity index is 2.24. The van der Waals surface area contributed by atoms with Crippen molar-refractivity contribution in [3.63, 3.8) is 0 Å². The minimum atomic E-state index is -0.327. The lowest BCUT2D eigenvalue weighted by Crippen LogP contribution is -2.10. The Hall–Kier alpha value is -2.23. The first-order chi connectivity index (χ1) is 9.13. The molecule has 0 spiro atoms. The van der Waals surface area contributed by atoms with E-state index in [4.69, 9.17) is 9.15 Å². The summed E-state index contributed by atoms with van der Waals surface area (Å²) in [6.07, 6.45) is 1.64. The zero-order chi connectivity index (χ0) is 13.8. The summed E-state index contributed by atoms with van der Waals surface area (Å²) in [5.74, 6) is 0.523. The van der Waals surface area contributed by atoms with E-state index in [1.54, 1.807) is 12.3 Å². The molecule has 4 heteroatoms. The molecule has 0 radical (unpaired) electrons. The van der Waals surface area contributed by atoms with Crippen LogP contribution in [0.5, 0.6) is 0 Å². The van der Waals surface area contributed by atoms with Crippen molar-refractivity contribution in [3.05, 3.63) is 53.5 Å². The van der Waals surface area contributed by atoms with Crippen LogP contribution in [0.4, 0.5) is 5.69 Å². The van der Waals surface area contributed by atoms with Gasteiger partial charge in [-0.05, 0) is 43.7 Å². The van der Waals surface area contributed by atoms with Gasteiger partial charge in [-0.3, -0.25) is 0 Å². The molecule has 1 heterocycles. The van der Waals surface area contributed by atoms with Gasteiger partial charge in [-0.1, -0.05) is 6.07 Å². The number of nitrogens with one attached hydrogen (secondary N) is 1. The molecule has 1 atom stereocenters. The third-order valence-electron chi connectivity index (χ3n) is 3.08. The van der Waals surface area contributed by atoms with Crippen LogP contribution in [-0.2, 0) is 4.74 Å². The van der Waals surface area contributed by atoms with Gasteiger partial charge in [-0.2, -0.15) is 0 Å². The molecule has 1 unspecified atom stereocenters. The molecule has 0 saturated carbocycles. The molecule has 2 rings (SSSR count). The number of furan rings is 1. The lowest BCUT2D eigenvalue weighted by atomic mass is 10.1. The van der Waals surface area contributed by atoms with Crippen LogP contribution in [-0.4, -0.2) is 13.1 Å². The summed E-state index contributed by atoms with van der Waals surface area (Å²) in [6, 6.07) is 9.31. The second-order valence-electron chi connectivity index (χ2n) is 4.35. The van der Waals surface area contributed by atoms with Crippen LogP contribution in [0.25, 0.3) is 0 Å². The molecule has 1 N–H and O–H groups in total. The number of carbonyl (C=O) groups excluding carboxylic acids is 1. The Bertz CT molecular complexity index is 561. The Morgan fingerprint density at radius 1 is 1.32 bits per heavy atom. The number of hydrogen-bond acceptors (Lipinski definition) is 4. The van der Waals surface area contributed by atoms with Crippen LogP contribution >= 0.6 is 0 Å². The van der Waals surface area contributed by atoms with Crippen molar-refractivity contribution < 1.29 is 13.9 Å². The maximum absolute atomic E-state index is 11.6. The van der Waals surface area contributed by atoms with Crippen LogP contribution in [0.3, 0.4) is 0 Å². The van der Waals surface area contributed by atoms with Gasteiger partial charge in [0.25, 0.3) is 0 Å². The van der Waals surface area contributed by atoms with E-state index in [2.05, 4.69) is 5.32 Å². The quantitative estimate of drug-likeness (QED) is 0.853. The van der Waals surface area contributed by atoms with Gasteiger partial charge in [0.05, 0.1) is 25.0 Å². The topological polar surface area (TPSA) is 51.5 Å². The molecule has 0 amide bonds. The third kappa shape index (κ3) is 2.78. The van der Waals surface area contributed by atoms with Crippen molar-refractivity contribution >= 4 is 11.7 Å². The first kappa shape index (κ1) is 13.2. The molecule has 4 nitrogen and oxygen atoms in total. The predicted octanol–water partition coefficient (Wildman–Crippen LogP) is 3.55. The van der Waals surface area contributed by atoms with Gasteiger partial charge in [0.2, 0.25) is 0 Å². The number of anilines is 1. The Morgan fingerprint density at radius 3 is 2.74 bits per heavy atom. The zero-order valence-corrected chi connectivity index (χ0v) is 11.3. The third-order valence-corrected chi connectivity index (χ3v) is 3.08. The first-order valence-corrected chi connectivity index (χ1v) is 6.11. The summed E-state index contributed by atoms with van der Waals surface area (Å²) in [6.45, 7) is 3.90. The van der Waals surface area contributed by atoms with E-state index < -0.39 is 0 Å². The molecular formula is C15H17NO3. The SMILES string of the molecule is COC(=O)c1cccc(NC(C)c2ccco2)c1C. The summed E-state index contributed by atoms with van der Waals surface area (Å²) in [5.41, 5.74) is 2.33. The highest BCUT2D eigenvalue weighted by atomic mass is 16.5. The van der Waals surface area contributed by atoms with Crippen LogP contribution < -0.4 is 5.32 Å². The standard InChI is InChI=1S/C15H17NO3/c1-10-12(15(17)18-3)6-4-7-13(10)16-11(2)14-8-5-9-19-14/h4-9,11,16H,1-3H3. The molecular weight excluding hydrogens is 242 g/mol. The minimum Gasteiger partial charge on any atom is -0.467 e. The molecule has 0 aliphatic heterocycles. The zero-order valence-electron chi connectivity index (χ0n) is 11.3. The first-order valence-electron chi connectivity index (χ1n) is 6.11. The lowest BCUT2D eigenvalue weighted by Gasteiger charge is -2.16. The van der Waals surface area contributed by atoms with Crippen molar-refractivity contribution in [2.24, 2.45) is 0 Å². The van der Waals surface area contributed by atoms with E-state index in [-0.39, 0.29) is 12.0 Å². The Morgan fingerprint density at radius 2 is 2.11 bits per heavy atom. The Labute approximate surface area is 112 Å². The molecule has 0 bridgehead atoms. The highest BCUT2D eigenvalue weighted by Gasteiger charge is 2.14. The van der Waals surface area contributed by atoms with E-state index in [9.17, 15) is 4.79 Å². The fourth-order valence-electron chi connectivity index (χ4n) is 1.97. The van der Waals surface area contributed by atoms with E-state index in [1.807, 2.05) is 38.1 Å². The monoisotopic (exact) mass is 259 g/mol. The molecule has 2 aromatic rings. The number of methoxy groups -OCH3 is 1. The van der Waals surface area contributed by atoms with Gasteiger partial charge >= 0.3 is 5.97 Å². The van der Waals surface area contributed by atoms with Gasteiger partial charge in [-0.25, -0.2) is 4.79 Å². The van der Waals surface area contributed by atoms with Crippen LogP contribution in [0.1, 0.15) is 34.6 Å².